The van der Waals surface area contributed by atoms with E-state index >= 15 is 0 Å². The van der Waals surface area contributed by atoms with Gasteiger partial charge in [0, 0.05) is 50.8 Å². The van der Waals surface area contributed by atoms with Gasteiger partial charge in [0.2, 0.25) is 0 Å². The van der Waals surface area contributed by atoms with Crippen molar-refractivity contribution in [2.24, 2.45) is 0 Å². The molecule has 3 heterocycles. The minimum atomic E-state index is 1.12. The van der Waals surface area contributed by atoms with Gasteiger partial charge in [0.1, 0.15) is 0 Å². The van der Waals surface area contributed by atoms with E-state index in [2.05, 4.69) is 25.3 Å². The number of hydrogen-bond acceptors (Lipinski definition) is 5. The summed E-state index contributed by atoms with van der Waals surface area (Å²) in [5.74, 6) is 0. The predicted molar refractivity (Wildman–Crippen MR) is 71.3 cm³/mol. The summed E-state index contributed by atoms with van der Waals surface area (Å²) in [7, 11) is 0. The molecule has 2 fully saturated rings. The van der Waals surface area contributed by atoms with Crippen molar-refractivity contribution >= 4 is 16.5 Å². The Balaban J connectivity index is 1.53. The van der Waals surface area contributed by atoms with Crippen molar-refractivity contribution in [2.45, 2.75) is 19.3 Å². The fraction of sp³-hybridized carbons (Fsp3) is 0.750. The quantitative estimate of drug-likeness (QED) is 0.798. The SMILES string of the molecule is c1csc(N2CCN(N3CCCCC3)CC2)n1. The first kappa shape index (κ1) is 11.4. The third-order valence-electron chi connectivity index (χ3n) is 3.68. The van der Waals surface area contributed by atoms with Crippen molar-refractivity contribution in [2.75, 3.05) is 44.2 Å². The van der Waals surface area contributed by atoms with Crippen molar-refractivity contribution in [1.82, 2.24) is 15.0 Å². The van der Waals surface area contributed by atoms with E-state index in [1.807, 2.05) is 6.20 Å². The Morgan fingerprint density at radius 3 is 2.24 bits per heavy atom. The van der Waals surface area contributed by atoms with Crippen LogP contribution >= 0.6 is 11.3 Å². The van der Waals surface area contributed by atoms with Crippen LogP contribution < -0.4 is 4.90 Å². The van der Waals surface area contributed by atoms with Crippen LogP contribution in [0, 0.1) is 0 Å². The van der Waals surface area contributed by atoms with Crippen molar-refractivity contribution in [1.29, 1.82) is 0 Å². The zero-order valence-corrected chi connectivity index (χ0v) is 11.0. The molecule has 2 aliphatic rings. The highest BCUT2D eigenvalue weighted by Crippen LogP contribution is 2.20. The molecular formula is C12H20N4S. The molecule has 3 rings (SSSR count). The molecule has 0 spiro atoms. The first-order valence-corrected chi connectivity index (χ1v) is 7.46. The van der Waals surface area contributed by atoms with Gasteiger partial charge < -0.3 is 4.90 Å². The summed E-state index contributed by atoms with van der Waals surface area (Å²) in [4.78, 5) is 6.80. The van der Waals surface area contributed by atoms with E-state index in [9.17, 15) is 0 Å². The van der Waals surface area contributed by atoms with E-state index in [1.165, 1.54) is 37.5 Å². The number of piperazine rings is 1. The zero-order chi connectivity index (χ0) is 11.5. The van der Waals surface area contributed by atoms with Gasteiger partial charge in [0.25, 0.3) is 0 Å². The first-order chi connectivity index (χ1) is 8.43. The summed E-state index contributed by atoms with van der Waals surface area (Å²) >= 11 is 1.75. The summed E-state index contributed by atoms with van der Waals surface area (Å²) in [5, 5.41) is 8.35. The van der Waals surface area contributed by atoms with Crippen LogP contribution in [0.2, 0.25) is 0 Å². The van der Waals surface area contributed by atoms with Crippen molar-refractivity contribution in [3.63, 3.8) is 0 Å². The van der Waals surface area contributed by atoms with Crippen LogP contribution in [-0.4, -0.2) is 54.3 Å². The van der Waals surface area contributed by atoms with Crippen LogP contribution in [0.15, 0.2) is 11.6 Å². The maximum absolute atomic E-state index is 4.39. The second-order valence-electron chi connectivity index (χ2n) is 4.77. The second-order valence-corrected chi connectivity index (χ2v) is 5.64. The average molecular weight is 252 g/mol. The van der Waals surface area contributed by atoms with Crippen molar-refractivity contribution < 1.29 is 0 Å². The van der Waals surface area contributed by atoms with Gasteiger partial charge in [-0.25, -0.2) is 15.0 Å². The Morgan fingerprint density at radius 1 is 0.882 bits per heavy atom. The molecule has 0 N–H and O–H groups in total. The molecule has 17 heavy (non-hydrogen) atoms. The molecule has 5 heteroatoms. The lowest BCUT2D eigenvalue weighted by Crippen LogP contribution is -2.55. The highest BCUT2D eigenvalue weighted by Gasteiger charge is 2.23. The van der Waals surface area contributed by atoms with E-state index in [4.69, 9.17) is 0 Å². The predicted octanol–water partition coefficient (Wildman–Crippen LogP) is 1.67. The molecule has 94 valence electrons. The minimum Gasteiger partial charge on any atom is -0.345 e. The fourth-order valence-corrected chi connectivity index (χ4v) is 3.40. The van der Waals surface area contributed by atoms with Crippen LogP contribution in [-0.2, 0) is 0 Å². The van der Waals surface area contributed by atoms with Crippen LogP contribution in [0.1, 0.15) is 19.3 Å². The molecule has 0 radical (unpaired) electrons. The van der Waals surface area contributed by atoms with Crippen LogP contribution in [0.5, 0.6) is 0 Å². The van der Waals surface area contributed by atoms with E-state index in [0.717, 1.165) is 26.2 Å². The highest BCUT2D eigenvalue weighted by molar-refractivity contribution is 7.13. The average Bonchev–Trinajstić information content (AvgIpc) is 2.94. The molecule has 2 aliphatic heterocycles. The van der Waals surface area contributed by atoms with E-state index in [0.29, 0.717) is 0 Å². The number of thiazole rings is 1. The van der Waals surface area contributed by atoms with Gasteiger partial charge in [-0.05, 0) is 12.8 Å². The molecule has 0 amide bonds. The Bertz CT molecular complexity index is 326. The number of hydrogen-bond donors (Lipinski definition) is 0. The minimum absolute atomic E-state index is 1.12. The topological polar surface area (TPSA) is 22.6 Å². The molecular weight excluding hydrogens is 232 g/mol. The zero-order valence-electron chi connectivity index (χ0n) is 10.2. The molecule has 1 aromatic rings. The maximum atomic E-state index is 4.39. The Labute approximate surface area is 107 Å². The van der Waals surface area contributed by atoms with Gasteiger partial charge in [0.05, 0.1) is 0 Å². The van der Waals surface area contributed by atoms with Gasteiger partial charge >= 0.3 is 0 Å². The molecule has 0 unspecified atom stereocenters. The molecule has 4 nitrogen and oxygen atoms in total. The Hall–Kier alpha value is -0.650. The lowest BCUT2D eigenvalue weighted by atomic mass is 10.1. The third-order valence-corrected chi connectivity index (χ3v) is 4.51. The smallest absolute Gasteiger partial charge is 0.185 e. The van der Waals surface area contributed by atoms with E-state index in [1.54, 1.807) is 11.3 Å². The van der Waals surface area contributed by atoms with Gasteiger partial charge in [-0.3, -0.25) is 0 Å². The summed E-state index contributed by atoms with van der Waals surface area (Å²) in [5.41, 5.74) is 0. The number of hydrazine groups is 1. The number of piperidine rings is 1. The molecule has 0 bridgehead atoms. The van der Waals surface area contributed by atoms with Crippen LogP contribution in [0.4, 0.5) is 5.13 Å². The second kappa shape index (κ2) is 5.33. The Morgan fingerprint density at radius 2 is 1.59 bits per heavy atom. The normalized spacial score (nSPS) is 24.1. The maximum Gasteiger partial charge on any atom is 0.185 e. The molecule has 0 atom stereocenters. The van der Waals surface area contributed by atoms with Gasteiger partial charge in [-0.15, -0.1) is 11.3 Å². The molecule has 0 aliphatic carbocycles. The van der Waals surface area contributed by atoms with Crippen LogP contribution in [0.3, 0.4) is 0 Å². The lowest BCUT2D eigenvalue weighted by molar-refractivity contribution is -0.0427. The summed E-state index contributed by atoms with van der Waals surface area (Å²) < 4.78 is 0. The van der Waals surface area contributed by atoms with Gasteiger partial charge in [-0.2, -0.15) is 0 Å². The molecule has 0 aromatic carbocycles. The number of nitrogens with zero attached hydrogens (tertiary/aromatic N) is 4. The Kier molecular flexibility index (Phi) is 3.59. The standard InChI is InChI=1S/C12H20N4S/c1-2-5-15(6-3-1)16-9-7-14(8-10-16)12-13-4-11-17-12/h4,11H,1-3,5-10H2. The molecule has 2 saturated heterocycles. The lowest BCUT2D eigenvalue weighted by Gasteiger charge is -2.42. The van der Waals surface area contributed by atoms with E-state index < -0.39 is 0 Å². The number of aromatic nitrogens is 1. The molecule has 1 aromatic heterocycles. The van der Waals surface area contributed by atoms with Gasteiger partial charge in [-0.1, -0.05) is 6.42 Å². The van der Waals surface area contributed by atoms with E-state index in [-0.39, 0.29) is 0 Å². The van der Waals surface area contributed by atoms with Crippen LogP contribution in [0.25, 0.3) is 0 Å². The third kappa shape index (κ3) is 2.61. The largest absolute Gasteiger partial charge is 0.345 e. The molecule has 0 saturated carbocycles. The number of rotatable bonds is 2. The highest BCUT2D eigenvalue weighted by atomic mass is 32.1. The van der Waals surface area contributed by atoms with Gasteiger partial charge in [0.15, 0.2) is 5.13 Å². The monoisotopic (exact) mass is 252 g/mol. The van der Waals surface area contributed by atoms with Crippen molar-refractivity contribution in [3.8, 4) is 0 Å². The summed E-state index contributed by atoms with van der Waals surface area (Å²) in [6.45, 7) is 7.06. The van der Waals surface area contributed by atoms with Crippen molar-refractivity contribution in [3.05, 3.63) is 11.6 Å². The fourth-order valence-electron chi connectivity index (χ4n) is 2.70. The number of anilines is 1. The summed E-state index contributed by atoms with van der Waals surface area (Å²) in [6, 6.07) is 0. The first-order valence-electron chi connectivity index (χ1n) is 6.58. The summed E-state index contributed by atoms with van der Waals surface area (Å²) in [6.07, 6.45) is 6.05.